The molecule has 1 N–H and O–H groups in total. The van der Waals surface area contributed by atoms with Gasteiger partial charge in [-0.05, 0) is 183 Å². The summed E-state index contributed by atoms with van der Waals surface area (Å²) in [4.78, 5) is 47.8. The molecular formula is C87H80F30I5O14P2Sb3. The number of halogens is 35. The van der Waals surface area contributed by atoms with Gasteiger partial charge < -0.3 is 60.6 Å². The third kappa shape index (κ3) is 60.5. The Morgan fingerprint density at radius 1 is 0.305 bits per heavy atom. The van der Waals surface area contributed by atoms with Crippen LogP contribution in [0.15, 0.2) is 286 Å². The van der Waals surface area contributed by atoms with Crippen molar-refractivity contribution >= 4 is 120 Å². The maximum atomic E-state index is 12.3. The van der Waals surface area contributed by atoms with E-state index in [1.165, 1.54) is 40.7 Å². The van der Waals surface area contributed by atoms with Crippen LogP contribution in [0.3, 0.4) is 0 Å². The summed E-state index contributed by atoms with van der Waals surface area (Å²) in [5.74, 6) is 3.91. The summed E-state index contributed by atoms with van der Waals surface area (Å²) in [6, 6.07) is 82.1. The average Bonchev–Trinajstić information content (AvgIpc) is 0.835. The SMILES string of the molecule is CC(O)COc1ccc([I+]c2ccccc2)cc1.CCOc1cc2oc(=O)cc(C)c2cc1[I+]c1ccccc1.CCOc1cc2oc(=O)cc(C)c2cc1[I+]c1ccccc1.CCOc1ccc2c(C)c([I+]c3ccccc3)c(=O)oc2c1.CCOc1ccc2c(C)c([I+]c3ccccc3)c(=O)oc2c1.F[P-](F)(F)(F)(F)F.F[P-](F)(F)(F)(F)F.[F-].[F-].[F-].[F][Sb]([F])([F])([F])[F].[F][Sb]([F])([F])([F])[F].[F][Sb]([F])([F])([F])[F]. The fourth-order valence-electron chi connectivity index (χ4n) is 10.5. The van der Waals surface area contributed by atoms with Gasteiger partial charge >= 0.3 is 298 Å². The Morgan fingerprint density at radius 2 is 0.546 bits per heavy atom. The Labute approximate surface area is 848 Å². The Hall–Kier alpha value is -7.14. The first-order valence-corrected chi connectivity index (χ1v) is 68.1. The molecule has 0 spiro atoms. The molecule has 14 rings (SSSR count). The standard InChI is InChI=1S/4C18H16IO3.C15H16IO2.2F6P.18FH.3Sb/c2*1-3-21-17-11-16-14(12(2)9-18(20)22-16)10-15(17)19-13-7-5-4-6-8-13;2*1-3-21-14-9-10-15-12(2)17(18(20)22-16(15)11-14)19-13-7-5-4-6-8-13;1-12(17)11-18-15-9-7-14(8-10-15)16-13-5-3-2-4-6-13;2*1-7(2,3,4,5)6;;;;;;;;;;;;;;;;;;;;;/h4*4-11H,3H2,1-2H3;2-10,12,17H,11H2,1H3;;;18*1H;;;/q5*+1;2*-1;;;;;;;;;;;;;;;;;;;3*+5/p-18. The van der Waals surface area contributed by atoms with Crippen molar-refractivity contribution in [3.8, 4) is 28.7 Å². The van der Waals surface area contributed by atoms with E-state index in [4.69, 9.17) is 46.5 Å². The molecule has 4 heterocycles. The topological polar surface area (TPSA) is 187 Å². The van der Waals surface area contributed by atoms with Gasteiger partial charge in [-0.3, -0.25) is 0 Å². The van der Waals surface area contributed by atoms with Crippen LogP contribution in [0.1, 0.15) is 56.9 Å². The van der Waals surface area contributed by atoms with Gasteiger partial charge in [0.1, 0.15) is 46.2 Å². The van der Waals surface area contributed by atoms with Crippen molar-refractivity contribution in [3.05, 3.63) is 348 Å². The zero-order valence-corrected chi connectivity index (χ0v) is 93.7. The number of hydrogen-bond donors (Lipinski definition) is 1. The normalized spacial score (nSPS) is 13.0. The summed E-state index contributed by atoms with van der Waals surface area (Å²) in [5.41, 5.74) is 5.19. The molecular weight excluding hydrogens is 2900 g/mol. The van der Waals surface area contributed by atoms with Gasteiger partial charge in [0.25, 0.3) is 7.14 Å². The summed E-state index contributed by atoms with van der Waals surface area (Å²) in [5, 5.41) is 13.1. The van der Waals surface area contributed by atoms with Crippen molar-refractivity contribution in [2.75, 3.05) is 33.0 Å². The summed E-state index contributed by atoms with van der Waals surface area (Å²) in [7, 11) is -21.3. The van der Waals surface area contributed by atoms with Gasteiger partial charge in [-0.25, -0.2) is 19.2 Å². The van der Waals surface area contributed by atoms with Gasteiger partial charge in [0, 0.05) is 81.2 Å². The van der Waals surface area contributed by atoms with Gasteiger partial charge in [-0.2, -0.15) is 0 Å². The van der Waals surface area contributed by atoms with E-state index in [1.807, 2.05) is 159 Å². The molecule has 0 bridgehead atoms. The van der Waals surface area contributed by atoms with Crippen LogP contribution in [-0.2, 0) is 0 Å². The summed E-state index contributed by atoms with van der Waals surface area (Å²) >= 11 is -29.5. The van der Waals surface area contributed by atoms with Crippen molar-refractivity contribution < 1.29 is 259 Å². The maximum absolute atomic E-state index is 12.3. The molecule has 0 aliphatic carbocycles. The first kappa shape index (κ1) is 130. The van der Waals surface area contributed by atoms with Crippen molar-refractivity contribution in [3.63, 3.8) is 0 Å². The second kappa shape index (κ2) is 53.0. The number of aliphatic hydroxyl groups excluding tert-OH is 1. The van der Waals surface area contributed by atoms with E-state index in [0.717, 1.165) is 79.7 Å². The number of hydrogen-bond acceptors (Lipinski definition) is 14. The molecule has 54 heteroatoms. The summed E-state index contributed by atoms with van der Waals surface area (Å²) in [6.07, 6.45) is -0.429. The molecule has 0 saturated heterocycles. The first-order valence-electron chi connectivity index (χ1n) is 38.8. The van der Waals surface area contributed by atoms with Crippen LogP contribution in [0.25, 0.3) is 43.9 Å². The summed E-state index contributed by atoms with van der Waals surface area (Å²) < 4.78 is 329. The second-order valence-corrected chi connectivity index (χ2v) is 56.6. The van der Waals surface area contributed by atoms with Crippen LogP contribution in [0.2, 0.25) is 0 Å². The van der Waals surface area contributed by atoms with Gasteiger partial charge in [-0.15, -0.1) is 0 Å². The van der Waals surface area contributed by atoms with Crippen molar-refractivity contribution in [2.24, 2.45) is 0 Å². The van der Waals surface area contributed by atoms with Crippen LogP contribution >= 0.6 is 15.6 Å². The molecule has 10 aromatic carbocycles. The monoisotopic (exact) mass is 2980 g/mol. The van der Waals surface area contributed by atoms with Gasteiger partial charge in [0.05, 0.1) is 32.5 Å². The number of ether oxygens (including phenoxy) is 5. The first-order chi connectivity index (χ1) is 63.1. The van der Waals surface area contributed by atoms with Crippen molar-refractivity contribution in [1.82, 2.24) is 0 Å². The van der Waals surface area contributed by atoms with Gasteiger partial charge in [-0.1, -0.05) is 91.0 Å². The van der Waals surface area contributed by atoms with E-state index in [1.54, 1.807) is 19.1 Å². The molecule has 1 atom stereocenters. The number of aryl methyl sites for hydroxylation is 4. The minimum absolute atomic E-state index is 0. The molecule has 4 aromatic heterocycles. The molecule has 0 radical (unpaired) electrons. The van der Waals surface area contributed by atoms with Gasteiger partial charge in [0.2, 0.25) is 7.14 Å². The average molecular weight is 2980 g/mol. The Balaban J connectivity index is 0.000000550. The number of benzene rings is 10. The van der Waals surface area contributed by atoms with Crippen LogP contribution in [0.4, 0.5) is 92.6 Å². The van der Waals surface area contributed by atoms with E-state index in [2.05, 4.69) is 121 Å². The van der Waals surface area contributed by atoms with E-state index < -0.39 is 125 Å². The van der Waals surface area contributed by atoms with Crippen LogP contribution < -0.4 is 166 Å². The Kier molecular flexibility index (Phi) is 48.8. The molecule has 1 unspecified atom stereocenters. The van der Waals surface area contributed by atoms with Crippen molar-refractivity contribution in [1.29, 1.82) is 0 Å². The van der Waals surface area contributed by atoms with E-state index >= 15 is 0 Å². The summed E-state index contributed by atoms with van der Waals surface area (Å²) in [6.45, 7) is 20.1. The van der Waals surface area contributed by atoms with E-state index in [-0.39, 0.29) is 100 Å². The van der Waals surface area contributed by atoms with Crippen LogP contribution in [-0.4, -0.2) is 105 Å². The van der Waals surface area contributed by atoms with E-state index in [0.29, 0.717) is 55.4 Å². The Bertz CT molecular complexity index is 6190. The molecule has 141 heavy (non-hydrogen) atoms. The van der Waals surface area contributed by atoms with E-state index in [9.17, 15) is 112 Å². The molecule has 0 amide bonds. The predicted molar refractivity (Wildman–Crippen MR) is 457 cm³/mol. The predicted octanol–water partition coefficient (Wildman–Crippen LogP) is 5.03. The third-order valence-corrected chi connectivity index (χ3v) is 29.9. The molecule has 0 fully saturated rings. The molecule has 14 aromatic rings. The quantitative estimate of drug-likeness (QED) is 0.0332. The fourth-order valence-corrected chi connectivity index (χ4v) is 22.5. The van der Waals surface area contributed by atoms with Gasteiger partial charge in [0.15, 0.2) is 32.9 Å². The minimum atomic E-state index is -10.7. The molecule has 14 nitrogen and oxygen atoms in total. The number of fused-ring (bicyclic) bond motifs is 4. The zero-order chi connectivity index (χ0) is 104. The zero-order valence-electron chi connectivity index (χ0n) is 73.5. The molecule has 0 aliphatic heterocycles. The fraction of sp³-hybridized carbons (Fsp3) is 0.172. The third-order valence-electron chi connectivity index (χ3n) is 15.4. The molecule has 0 saturated carbocycles. The van der Waals surface area contributed by atoms with Crippen LogP contribution in [0, 0.1) is 63.4 Å². The number of rotatable bonds is 21. The second-order valence-electron chi connectivity index (χ2n) is 27.2. The molecule has 0 aliphatic rings. The van der Waals surface area contributed by atoms with Crippen molar-refractivity contribution in [2.45, 2.75) is 68.4 Å². The number of aliphatic hydroxyl groups is 1. The Morgan fingerprint density at radius 3 is 0.809 bits per heavy atom. The molecule has 782 valence electrons. The van der Waals surface area contributed by atoms with Crippen LogP contribution in [0.5, 0.6) is 28.7 Å².